The molecule has 0 aliphatic heterocycles. The van der Waals surface area contributed by atoms with Crippen LogP contribution in [0.5, 0.6) is 0 Å². The minimum absolute atomic E-state index is 0.155. The lowest BCUT2D eigenvalue weighted by atomic mass is 10.1. The summed E-state index contributed by atoms with van der Waals surface area (Å²) in [4.78, 5) is 22.5. The number of thiophene rings is 1. The molecule has 1 aliphatic rings. The summed E-state index contributed by atoms with van der Waals surface area (Å²) in [6.45, 7) is -0.353. The lowest BCUT2D eigenvalue weighted by molar-refractivity contribution is -0.141. The Morgan fingerprint density at radius 1 is 1.38 bits per heavy atom. The highest BCUT2D eigenvalue weighted by Crippen LogP contribution is 2.25. The molecule has 0 saturated heterocycles. The standard InChI is InChI=1S/C12H16N2O5S2/c15-10(14-9-4-3-8(6-9)12(16)17)7-13-21(18,19)11-2-1-5-20-11/h1-2,5,8-9,13H,3-4,6-7H2,(H,14,15)(H,16,17)/t8-,9+/m0/s1. The Bertz CT molecular complexity index is 612. The molecule has 21 heavy (non-hydrogen) atoms. The van der Waals surface area contributed by atoms with Gasteiger partial charge in [0.05, 0.1) is 12.5 Å². The van der Waals surface area contributed by atoms with Gasteiger partial charge in [0.15, 0.2) is 0 Å². The van der Waals surface area contributed by atoms with E-state index in [1.807, 2.05) is 0 Å². The van der Waals surface area contributed by atoms with Crippen LogP contribution in [0.4, 0.5) is 0 Å². The lowest BCUT2D eigenvalue weighted by Gasteiger charge is -2.12. The van der Waals surface area contributed by atoms with Crippen molar-refractivity contribution in [2.45, 2.75) is 29.5 Å². The van der Waals surface area contributed by atoms with E-state index in [4.69, 9.17) is 5.11 Å². The first-order valence-electron chi connectivity index (χ1n) is 6.44. The fourth-order valence-electron chi connectivity index (χ4n) is 2.26. The number of carboxylic acid groups (broad SMARTS) is 1. The molecule has 1 saturated carbocycles. The molecule has 0 unspecified atom stereocenters. The second-order valence-corrected chi connectivity index (χ2v) is 7.81. The monoisotopic (exact) mass is 332 g/mol. The van der Waals surface area contributed by atoms with Gasteiger partial charge in [0.1, 0.15) is 4.21 Å². The molecule has 116 valence electrons. The molecule has 1 fully saturated rings. The largest absolute Gasteiger partial charge is 0.481 e. The number of sulfonamides is 1. The van der Waals surface area contributed by atoms with Crippen LogP contribution in [0.25, 0.3) is 0 Å². The fraction of sp³-hybridized carbons (Fsp3) is 0.500. The van der Waals surface area contributed by atoms with Gasteiger partial charge in [-0.2, -0.15) is 0 Å². The summed E-state index contributed by atoms with van der Waals surface area (Å²) < 4.78 is 26.0. The molecule has 2 rings (SSSR count). The van der Waals surface area contributed by atoms with Gasteiger partial charge in [-0.25, -0.2) is 13.1 Å². The number of nitrogens with one attached hydrogen (secondary N) is 2. The minimum atomic E-state index is -3.66. The van der Waals surface area contributed by atoms with E-state index < -0.39 is 27.8 Å². The van der Waals surface area contributed by atoms with E-state index in [9.17, 15) is 18.0 Å². The van der Waals surface area contributed by atoms with Crippen LogP contribution in [0.15, 0.2) is 21.7 Å². The van der Waals surface area contributed by atoms with E-state index in [-0.39, 0.29) is 16.8 Å². The van der Waals surface area contributed by atoms with E-state index in [0.29, 0.717) is 19.3 Å². The zero-order valence-electron chi connectivity index (χ0n) is 11.1. The average molecular weight is 332 g/mol. The number of aliphatic carboxylic acids is 1. The van der Waals surface area contributed by atoms with Crippen LogP contribution in [0.1, 0.15) is 19.3 Å². The predicted octanol–water partition coefficient (Wildman–Crippen LogP) is 0.396. The minimum Gasteiger partial charge on any atom is -0.481 e. The molecule has 1 aromatic heterocycles. The van der Waals surface area contributed by atoms with Crippen molar-refractivity contribution >= 4 is 33.2 Å². The molecule has 1 aliphatic carbocycles. The van der Waals surface area contributed by atoms with Crippen molar-refractivity contribution in [2.24, 2.45) is 5.92 Å². The van der Waals surface area contributed by atoms with Crippen molar-refractivity contribution in [3.8, 4) is 0 Å². The van der Waals surface area contributed by atoms with Gasteiger partial charge >= 0.3 is 5.97 Å². The van der Waals surface area contributed by atoms with Crippen molar-refractivity contribution in [2.75, 3.05) is 6.54 Å². The maximum Gasteiger partial charge on any atom is 0.306 e. The molecule has 0 bridgehead atoms. The topological polar surface area (TPSA) is 113 Å². The van der Waals surface area contributed by atoms with E-state index in [0.717, 1.165) is 11.3 Å². The van der Waals surface area contributed by atoms with E-state index in [2.05, 4.69) is 10.0 Å². The third kappa shape index (κ3) is 4.26. The Hall–Kier alpha value is -1.45. The second-order valence-electron chi connectivity index (χ2n) is 4.87. The maximum absolute atomic E-state index is 11.8. The van der Waals surface area contributed by atoms with Gasteiger partial charge in [-0.1, -0.05) is 6.07 Å². The summed E-state index contributed by atoms with van der Waals surface area (Å²) in [5.41, 5.74) is 0. The molecular weight excluding hydrogens is 316 g/mol. The summed E-state index contributed by atoms with van der Waals surface area (Å²) >= 11 is 1.07. The molecular formula is C12H16N2O5S2. The zero-order valence-corrected chi connectivity index (χ0v) is 12.7. The quantitative estimate of drug-likeness (QED) is 0.698. The summed E-state index contributed by atoms with van der Waals surface area (Å²) in [5.74, 6) is -1.74. The van der Waals surface area contributed by atoms with E-state index in [1.54, 1.807) is 11.4 Å². The highest BCUT2D eigenvalue weighted by atomic mass is 32.2. The highest BCUT2D eigenvalue weighted by molar-refractivity contribution is 7.91. The third-order valence-corrected chi connectivity index (χ3v) is 6.13. The predicted molar refractivity (Wildman–Crippen MR) is 76.4 cm³/mol. The van der Waals surface area contributed by atoms with Crippen LogP contribution in [0, 0.1) is 5.92 Å². The van der Waals surface area contributed by atoms with Gasteiger partial charge in [-0.15, -0.1) is 11.3 Å². The normalized spacial score (nSPS) is 22.1. The van der Waals surface area contributed by atoms with Crippen molar-refractivity contribution in [3.63, 3.8) is 0 Å². The summed E-state index contributed by atoms with van der Waals surface area (Å²) in [7, 11) is -3.66. The smallest absolute Gasteiger partial charge is 0.306 e. The Kier molecular flexibility index (Phi) is 4.96. The Morgan fingerprint density at radius 3 is 2.71 bits per heavy atom. The first-order chi connectivity index (χ1) is 9.88. The van der Waals surface area contributed by atoms with Gasteiger partial charge in [-0.05, 0) is 30.7 Å². The third-order valence-electron chi connectivity index (χ3n) is 3.33. The van der Waals surface area contributed by atoms with Crippen LogP contribution < -0.4 is 10.0 Å². The van der Waals surface area contributed by atoms with Gasteiger partial charge in [0.25, 0.3) is 10.0 Å². The number of carbonyl (C=O) groups is 2. The van der Waals surface area contributed by atoms with Crippen LogP contribution in [0.3, 0.4) is 0 Å². The van der Waals surface area contributed by atoms with Gasteiger partial charge in [-0.3, -0.25) is 9.59 Å². The van der Waals surface area contributed by atoms with Crippen LogP contribution in [-0.4, -0.2) is 38.0 Å². The van der Waals surface area contributed by atoms with Gasteiger partial charge < -0.3 is 10.4 Å². The molecule has 0 spiro atoms. The molecule has 1 aromatic rings. The van der Waals surface area contributed by atoms with Crippen molar-refractivity contribution in [1.82, 2.24) is 10.0 Å². The Labute approximate surface area is 126 Å². The molecule has 0 radical (unpaired) electrons. The highest BCUT2D eigenvalue weighted by Gasteiger charge is 2.30. The van der Waals surface area contributed by atoms with Crippen LogP contribution in [-0.2, 0) is 19.6 Å². The molecule has 9 heteroatoms. The first kappa shape index (κ1) is 15.9. The van der Waals surface area contributed by atoms with Crippen molar-refractivity contribution in [3.05, 3.63) is 17.5 Å². The van der Waals surface area contributed by atoms with Crippen molar-refractivity contribution < 1.29 is 23.1 Å². The lowest BCUT2D eigenvalue weighted by Crippen LogP contribution is -2.41. The number of carbonyl (C=O) groups excluding carboxylic acids is 1. The first-order valence-corrected chi connectivity index (χ1v) is 8.80. The van der Waals surface area contributed by atoms with E-state index in [1.165, 1.54) is 6.07 Å². The van der Waals surface area contributed by atoms with Gasteiger partial charge in [0, 0.05) is 6.04 Å². The molecule has 1 amide bonds. The number of amides is 1. The molecule has 3 N–H and O–H groups in total. The molecule has 2 atom stereocenters. The maximum atomic E-state index is 11.8. The zero-order chi connectivity index (χ0) is 15.5. The van der Waals surface area contributed by atoms with Crippen LogP contribution >= 0.6 is 11.3 Å². The SMILES string of the molecule is O=C(CNS(=O)(=O)c1cccs1)N[C@@H]1CC[C@H](C(=O)O)C1. The summed E-state index contributed by atoms with van der Waals surface area (Å²) in [5, 5.41) is 13.2. The Balaban J connectivity index is 1.80. The number of hydrogen-bond donors (Lipinski definition) is 3. The average Bonchev–Trinajstić information content (AvgIpc) is 3.07. The van der Waals surface area contributed by atoms with Gasteiger partial charge in [0.2, 0.25) is 5.91 Å². The second kappa shape index (κ2) is 6.54. The van der Waals surface area contributed by atoms with E-state index >= 15 is 0 Å². The summed E-state index contributed by atoms with van der Waals surface area (Å²) in [6.07, 6.45) is 1.51. The van der Waals surface area contributed by atoms with Crippen LogP contribution in [0.2, 0.25) is 0 Å². The molecule has 1 heterocycles. The fourth-order valence-corrected chi connectivity index (χ4v) is 4.28. The number of hydrogen-bond acceptors (Lipinski definition) is 5. The Morgan fingerprint density at radius 2 is 2.14 bits per heavy atom. The van der Waals surface area contributed by atoms with Crippen molar-refractivity contribution in [1.29, 1.82) is 0 Å². The number of rotatable bonds is 6. The number of carboxylic acids is 1. The summed E-state index contributed by atoms with van der Waals surface area (Å²) in [6, 6.07) is 2.87. The molecule has 7 nitrogen and oxygen atoms in total. The molecule has 0 aromatic carbocycles.